The molecule has 1 nitrogen and oxygen atoms in total. The first-order valence-corrected chi connectivity index (χ1v) is 6.88. The number of hydrogen-bond donors (Lipinski definition) is 1. The zero-order valence-electron chi connectivity index (χ0n) is 6.91. The van der Waals surface area contributed by atoms with Gasteiger partial charge in [0.05, 0.1) is 5.02 Å². The van der Waals surface area contributed by atoms with E-state index >= 15 is 0 Å². The van der Waals surface area contributed by atoms with Gasteiger partial charge in [-0.15, -0.1) is 12.6 Å². The van der Waals surface area contributed by atoms with Crippen LogP contribution in [0.4, 0.5) is 0 Å². The Labute approximate surface area is 132 Å². The summed E-state index contributed by atoms with van der Waals surface area (Å²) in [4.78, 5) is 0.679. The molecule has 0 aliphatic rings. The summed E-state index contributed by atoms with van der Waals surface area (Å²) in [5.74, 6) is 0. The summed E-state index contributed by atoms with van der Waals surface area (Å²) in [5, 5.41) is 1.21. The van der Waals surface area contributed by atoms with Crippen LogP contribution in [0, 0.1) is 0 Å². The molecule has 0 heterocycles. The third-order valence-electron chi connectivity index (χ3n) is 1.54. The Kier molecular flexibility index (Phi) is 6.47. The van der Waals surface area contributed by atoms with E-state index in [-0.39, 0.29) is 51.4 Å². The number of benzene rings is 1. The maximum absolute atomic E-state index is 11.7. The molecule has 0 atom stereocenters. The number of halogens is 1. The number of rotatable bonds is 1. The van der Waals surface area contributed by atoms with Gasteiger partial charge in [0.15, 0.2) is 0 Å². The minimum atomic E-state index is -2.26. The molecule has 0 aliphatic heterocycles. The van der Waals surface area contributed by atoms with Crippen molar-refractivity contribution in [2.24, 2.45) is 0 Å². The summed E-state index contributed by atoms with van der Waals surface area (Å²) in [5.41, 5.74) is 0. The van der Waals surface area contributed by atoms with Crippen LogP contribution in [0.25, 0.3) is 0 Å². The zero-order chi connectivity index (χ0) is 9.35. The van der Waals surface area contributed by atoms with Crippen LogP contribution < -0.4 is 5.30 Å². The van der Waals surface area contributed by atoms with Gasteiger partial charge in [0.25, 0.3) is 0 Å². The predicted octanol–water partition coefficient (Wildman–Crippen LogP) is 2.23. The zero-order valence-corrected chi connectivity index (χ0v) is 9.46. The van der Waals surface area contributed by atoms with Crippen molar-refractivity contribution in [1.82, 2.24) is 0 Å². The molecule has 1 rings (SSSR count). The Morgan fingerprint density at radius 1 is 1.38 bits per heavy atom. The van der Waals surface area contributed by atoms with Gasteiger partial charge in [0.1, 0.15) is 7.14 Å². The van der Waals surface area contributed by atoms with Crippen molar-refractivity contribution in [3.05, 3.63) is 23.2 Å². The second-order valence-electron chi connectivity index (χ2n) is 2.96. The molecule has 1 aromatic carbocycles. The summed E-state index contributed by atoms with van der Waals surface area (Å²) in [6.45, 7) is 3.39. The summed E-state index contributed by atoms with van der Waals surface area (Å²) < 4.78 is 11.7. The third kappa shape index (κ3) is 4.00. The summed E-state index contributed by atoms with van der Waals surface area (Å²) in [6.07, 6.45) is 0. The van der Waals surface area contributed by atoms with Crippen LogP contribution >= 0.6 is 31.4 Å². The quantitative estimate of drug-likeness (QED) is 0.466. The van der Waals surface area contributed by atoms with Crippen molar-refractivity contribution in [3.8, 4) is 0 Å². The summed E-state index contributed by atoms with van der Waals surface area (Å²) in [7, 11) is -2.26. The molecule has 0 N–H and O–H groups in total. The average Bonchev–Trinajstić information content (AvgIpc) is 1.92. The number of thiol groups is 1. The van der Waals surface area contributed by atoms with E-state index in [1.807, 2.05) is 6.07 Å². The molecular weight excluding hydrogens is 250 g/mol. The summed E-state index contributed by atoms with van der Waals surface area (Å²) in [6, 6.07) is 5.37. The Balaban J connectivity index is 0.00000144. The van der Waals surface area contributed by atoms with E-state index in [2.05, 4.69) is 12.6 Å². The van der Waals surface area contributed by atoms with Crippen LogP contribution in [-0.4, -0.2) is 64.7 Å². The predicted molar refractivity (Wildman–Crippen MR) is 64.9 cm³/mol. The second-order valence-corrected chi connectivity index (χ2v) is 7.00. The maximum atomic E-state index is 11.7. The molecule has 0 radical (unpaired) electrons. The van der Waals surface area contributed by atoms with Gasteiger partial charge in [-0.1, -0.05) is 17.7 Å². The van der Waals surface area contributed by atoms with E-state index in [0.29, 0.717) is 15.2 Å². The molecule has 0 aliphatic carbocycles. The van der Waals surface area contributed by atoms with Crippen LogP contribution in [0.2, 0.25) is 5.02 Å². The first kappa shape index (κ1) is 14.7. The van der Waals surface area contributed by atoms with Crippen molar-refractivity contribution in [2.75, 3.05) is 13.3 Å². The minimum absolute atomic E-state index is 0. The summed E-state index contributed by atoms with van der Waals surface area (Å²) >= 11 is 10.1. The fourth-order valence-electron chi connectivity index (χ4n) is 0.924. The normalized spacial score (nSPS) is 10.8. The average molecular weight is 261 g/mol. The monoisotopic (exact) mass is 260 g/mol. The van der Waals surface area contributed by atoms with Gasteiger partial charge in [-0.05, 0) is 25.5 Å². The molecule has 0 aromatic heterocycles. The Morgan fingerprint density at radius 3 is 2.31 bits per heavy atom. The van der Waals surface area contributed by atoms with E-state index in [9.17, 15) is 4.57 Å². The fourth-order valence-corrected chi connectivity index (χ4v) is 2.99. The van der Waals surface area contributed by atoms with Crippen molar-refractivity contribution < 1.29 is 4.57 Å². The number of hydrogen-bond acceptors (Lipinski definition) is 2. The standard InChI is InChI=1S/C8H10ClOPS.K.H/c1-11(2,10)6-4-3-5-7(12)8(6)9;;/h3-5,12H,1-2H3;;. The van der Waals surface area contributed by atoms with Crippen LogP contribution in [0.15, 0.2) is 23.1 Å². The van der Waals surface area contributed by atoms with Crippen LogP contribution in [0.5, 0.6) is 0 Å². The van der Waals surface area contributed by atoms with Gasteiger partial charge in [0, 0.05) is 10.2 Å². The van der Waals surface area contributed by atoms with E-state index in [1.54, 1.807) is 25.5 Å². The first-order valence-electron chi connectivity index (χ1n) is 3.46. The molecule has 5 heteroatoms. The molecule has 0 bridgehead atoms. The van der Waals surface area contributed by atoms with E-state index in [0.717, 1.165) is 0 Å². The SMILES string of the molecule is CP(C)(=O)c1cccc(S)c1Cl.[KH]. The van der Waals surface area contributed by atoms with E-state index < -0.39 is 7.14 Å². The Morgan fingerprint density at radius 2 is 1.92 bits per heavy atom. The van der Waals surface area contributed by atoms with Crippen LogP contribution in [-0.2, 0) is 4.57 Å². The molecule has 0 unspecified atom stereocenters. The van der Waals surface area contributed by atoms with Gasteiger partial charge in [-0.3, -0.25) is 0 Å². The van der Waals surface area contributed by atoms with E-state index in [1.165, 1.54) is 0 Å². The topological polar surface area (TPSA) is 17.1 Å². The fraction of sp³-hybridized carbons (Fsp3) is 0.250. The third-order valence-corrected chi connectivity index (χ3v) is 4.11. The van der Waals surface area contributed by atoms with Crippen molar-refractivity contribution in [1.29, 1.82) is 0 Å². The molecule has 13 heavy (non-hydrogen) atoms. The van der Waals surface area contributed by atoms with Crippen LogP contribution in [0.1, 0.15) is 0 Å². The van der Waals surface area contributed by atoms with Crippen molar-refractivity contribution in [3.63, 3.8) is 0 Å². The molecule has 0 amide bonds. The van der Waals surface area contributed by atoms with Gasteiger partial charge in [-0.25, -0.2) is 0 Å². The molecule has 0 spiro atoms. The first-order chi connectivity index (χ1) is 5.43. The van der Waals surface area contributed by atoms with E-state index in [4.69, 9.17) is 11.6 Å². The van der Waals surface area contributed by atoms with Crippen molar-refractivity contribution >= 4 is 88.1 Å². The molecule has 68 valence electrons. The second kappa shape index (κ2) is 5.71. The molecule has 0 saturated heterocycles. The Hall–Kier alpha value is 1.73. The molecular formula is C8H11ClKOPS. The van der Waals surface area contributed by atoms with Gasteiger partial charge in [-0.2, -0.15) is 0 Å². The van der Waals surface area contributed by atoms with Gasteiger partial charge < -0.3 is 4.57 Å². The molecule has 0 fully saturated rings. The molecule has 1 aromatic rings. The van der Waals surface area contributed by atoms with Crippen molar-refractivity contribution in [2.45, 2.75) is 4.90 Å². The van der Waals surface area contributed by atoms with Crippen LogP contribution in [0.3, 0.4) is 0 Å². The van der Waals surface area contributed by atoms with Gasteiger partial charge >= 0.3 is 51.4 Å². The van der Waals surface area contributed by atoms with Gasteiger partial charge in [0.2, 0.25) is 0 Å². The Bertz CT molecular complexity index is 350. The molecule has 0 saturated carbocycles.